The zero-order valence-corrected chi connectivity index (χ0v) is 8.48. The highest BCUT2D eigenvalue weighted by Crippen LogP contribution is 2.19. The SMILES string of the molecule is ONc1ccc(OC2CCOCC2)cc1. The normalized spacial score (nSPS) is 17.4. The van der Waals surface area contributed by atoms with Crippen LogP contribution < -0.4 is 10.2 Å². The molecule has 0 aliphatic carbocycles. The maximum absolute atomic E-state index is 8.64. The van der Waals surface area contributed by atoms with E-state index in [1.807, 2.05) is 12.1 Å². The number of ether oxygens (including phenoxy) is 2. The average Bonchev–Trinajstić information content (AvgIpc) is 2.31. The zero-order chi connectivity index (χ0) is 10.5. The summed E-state index contributed by atoms with van der Waals surface area (Å²) in [6.45, 7) is 1.56. The van der Waals surface area contributed by atoms with E-state index in [0.717, 1.165) is 31.8 Å². The second-order valence-corrected chi connectivity index (χ2v) is 3.57. The Morgan fingerprint density at radius 3 is 2.47 bits per heavy atom. The molecule has 2 rings (SSSR count). The molecule has 1 heterocycles. The summed E-state index contributed by atoms with van der Waals surface area (Å²) in [6.07, 6.45) is 2.15. The third-order valence-electron chi connectivity index (χ3n) is 2.45. The number of nitrogens with one attached hydrogen (secondary N) is 1. The van der Waals surface area contributed by atoms with Gasteiger partial charge in [0.25, 0.3) is 0 Å². The van der Waals surface area contributed by atoms with Crippen LogP contribution in [-0.4, -0.2) is 24.5 Å². The van der Waals surface area contributed by atoms with E-state index in [0.29, 0.717) is 5.69 Å². The molecule has 0 saturated carbocycles. The second kappa shape index (κ2) is 5.00. The van der Waals surface area contributed by atoms with Crippen LogP contribution in [0.2, 0.25) is 0 Å². The summed E-state index contributed by atoms with van der Waals surface area (Å²) < 4.78 is 11.0. The summed E-state index contributed by atoms with van der Waals surface area (Å²) in [5.74, 6) is 0.834. The minimum Gasteiger partial charge on any atom is -0.490 e. The van der Waals surface area contributed by atoms with Crippen LogP contribution in [0.1, 0.15) is 12.8 Å². The molecule has 0 radical (unpaired) electrons. The van der Waals surface area contributed by atoms with Gasteiger partial charge < -0.3 is 9.47 Å². The molecule has 0 unspecified atom stereocenters. The van der Waals surface area contributed by atoms with E-state index in [4.69, 9.17) is 14.7 Å². The molecular weight excluding hydrogens is 194 g/mol. The summed E-state index contributed by atoms with van der Waals surface area (Å²) >= 11 is 0. The van der Waals surface area contributed by atoms with E-state index >= 15 is 0 Å². The molecule has 0 atom stereocenters. The van der Waals surface area contributed by atoms with Gasteiger partial charge in [-0.3, -0.25) is 10.7 Å². The van der Waals surface area contributed by atoms with Crippen molar-refractivity contribution in [3.05, 3.63) is 24.3 Å². The Bertz CT molecular complexity index is 293. The van der Waals surface area contributed by atoms with Crippen LogP contribution in [0.15, 0.2) is 24.3 Å². The highest BCUT2D eigenvalue weighted by molar-refractivity contribution is 5.44. The predicted octanol–water partition coefficient (Wildman–Crippen LogP) is 2.05. The molecular formula is C11H15NO3. The fourth-order valence-electron chi connectivity index (χ4n) is 1.59. The summed E-state index contributed by atoms with van der Waals surface area (Å²) in [6, 6.07) is 7.23. The van der Waals surface area contributed by atoms with Gasteiger partial charge in [-0.05, 0) is 24.3 Å². The number of anilines is 1. The van der Waals surface area contributed by atoms with Crippen LogP contribution in [0.5, 0.6) is 5.75 Å². The van der Waals surface area contributed by atoms with Crippen molar-refractivity contribution in [1.29, 1.82) is 0 Å². The maximum atomic E-state index is 8.64. The van der Waals surface area contributed by atoms with Crippen LogP contribution in [0.4, 0.5) is 5.69 Å². The lowest BCUT2D eigenvalue weighted by Crippen LogP contribution is -2.25. The van der Waals surface area contributed by atoms with Gasteiger partial charge in [-0.15, -0.1) is 0 Å². The first kappa shape index (κ1) is 10.3. The van der Waals surface area contributed by atoms with Gasteiger partial charge in [-0.25, -0.2) is 0 Å². The van der Waals surface area contributed by atoms with Gasteiger partial charge in [0, 0.05) is 12.8 Å². The molecule has 15 heavy (non-hydrogen) atoms. The van der Waals surface area contributed by atoms with Gasteiger partial charge in [-0.1, -0.05) is 0 Å². The monoisotopic (exact) mass is 209 g/mol. The number of benzene rings is 1. The summed E-state index contributed by atoms with van der Waals surface area (Å²) in [5.41, 5.74) is 2.74. The van der Waals surface area contributed by atoms with Gasteiger partial charge in [0.05, 0.1) is 18.9 Å². The molecule has 1 aromatic carbocycles. The first-order valence-corrected chi connectivity index (χ1v) is 5.13. The molecule has 1 fully saturated rings. The van der Waals surface area contributed by atoms with Gasteiger partial charge >= 0.3 is 0 Å². The summed E-state index contributed by atoms with van der Waals surface area (Å²) in [7, 11) is 0. The van der Waals surface area contributed by atoms with Crippen LogP contribution in [-0.2, 0) is 4.74 Å². The van der Waals surface area contributed by atoms with Crippen molar-refractivity contribution in [2.75, 3.05) is 18.7 Å². The lowest BCUT2D eigenvalue weighted by atomic mass is 10.1. The fraction of sp³-hybridized carbons (Fsp3) is 0.455. The number of rotatable bonds is 3. The Balaban J connectivity index is 1.91. The number of hydrogen-bond donors (Lipinski definition) is 2. The molecule has 82 valence electrons. The molecule has 2 N–H and O–H groups in total. The van der Waals surface area contributed by atoms with Crippen LogP contribution >= 0.6 is 0 Å². The number of hydrogen-bond acceptors (Lipinski definition) is 4. The first-order valence-electron chi connectivity index (χ1n) is 5.13. The smallest absolute Gasteiger partial charge is 0.119 e. The van der Waals surface area contributed by atoms with Crippen LogP contribution in [0.3, 0.4) is 0 Å². The van der Waals surface area contributed by atoms with E-state index in [1.54, 1.807) is 12.1 Å². The molecule has 1 aromatic rings. The van der Waals surface area contributed by atoms with Crippen molar-refractivity contribution in [3.8, 4) is 5.75 Å². The van der Waals surface area contributed by atoms with Crippen LogP contribution in [0.25, 0.3) is 0 Å². The molecule has 0 amide bonds. The molecule has 1 saturated heterocycles. The molecule has 1 aliphatic rings. The highest BCUT2D eigenvalue weighted by atomic mass is 16.5. The first-order chi connectivity index (χ1) is 7.38. The van der Waals surface area contributed by atoms with E-state index in [-0.39, 0.29) is 6.10 Å². The highest BCUT2D eigenvalue weighted by Gasteiger charge is 2.14. The molecule has 0 spiro atoms. The van der Waals surface area contributed by atoms with Gasteiger partial charge in [0.2, 0.25) is 0 Å². The molecule has 1 aliphatic heterocycles. The second-order valence-electron chi connectivity index (χ2n) is 3.57. The Labute approximate surface area is 88.8 Å². The van der Waals surface area contributed by atoms with Crippen molar-refractivity contribution in [2.45, 2.75) is 18.9 Å². The van der Waals surface area contributed by atoms with Crippen molar-refractivity contribution in [2.24, 2.45) is 0 Å². The lowest BCUT2D eigenvalue weighted by molar-refractivity contribution is 0.0256. The molecule has 4 heteroatoms. The third-order valence-corrected chi connectivity index (χ3v) is 2.45. The summed E-state index contributed by atoms with van der Waals surface area (Å²) in [5, 5.41) is 8.64. The largest absolute Gasteiger partial charge is 0.490 e. The minimum absolute atomic E-state index is 0.256. The van der Waals surface area contributed by atoms with Crippen molar-refractivity contribution in [3.63, 3.8) is 0 Å². The van der Waals surface area contributed by atoms with E-state index in [9.17, 15) is 0 Å². The van der Waals surface area contributed by atoms with Crippen molar-refractivity contribution >= 4 is 5.69 Å². The van der Waals surface area contributed by atoms with E-state index < -0.39 is 0 Å². The molecule has 4 nitrogen and oxygen atoms in total. The molecule has 0 aromatic heterocycles. The van der Waals surface area contributed by atoms with Crippen molar-refractivity contribution < 1.29 is 14.7 Å². The maximum Gasteiger partial charge on any atom is 0.119 e. The van der Waals surface area contributed by atoms with E-state index in [2.05, 4.69) is 5.48 Å². The van der Waals surface area contributed by atoms with Gasteiger partial charge in [-0.2, -0.15) is 0 Å². The Kier molecular flexibility index (Phi) is 3.42. The summed E-state index contributed by atoms with van der Waals surface area (Å²) in [4.78, 5) is 0. The lowest BCUT2D eigenvalue weighted by Gasteiger charge is -2.23. The average molecular weight is 209 g/mol. The Morgan fingerprint density at radius 2 is 1.87 bits per heavy atom. The Morgan fingerprint density at radius 1 is 1.20 bits per heavy atom. The molecule has 0 bridgehead atoms. The quantitative estimate of drug-likeness (QED) is 0.748. The fourth-order valence-corrected chi connectivity index (χ4v) is 1.59. The third kappa shape index (κ3) is 2.84. The van der Waals surface area contributed by atoms with Crippen LogP contribution in [0, 0.1) is 0 Å². The zero-order valence-electron chi connectivity index (χ0n) is 8.48. The van der Waals surface area contributed by atoms with Gasteiger partial charge in [0.1, 0.15) is 11.9 Å². The van der Waals surface area contributed by atoms with Gasteiger partial charge in [0.15, 0.2) is 0 Å². The van der Waals surface area contributed by atoms with Crippen molar-refractivity contribution in [1.82, 2.24) is 0 Å². The minimum atomic E-state index is 0.256. The van der Waals surface area contributed by atoms with E-state index in [1.165, 1.54) is 0 Å². The topological polar surface area (TPSA) is 50.7 Å². The predicted molar refractivity (Wildman–Crippen MR) is 56.3 cm³/mol. The Hall–Kier alpha value is -1.26. The standard InChI is InChI=1S/C11H15NO3/c13-12-9-1-3-10(4-2-9)15-11-5-7-14-8-6-11/h1-4,11-13H,5-8H2.